The lowest BCUT2D eigenvalue weighted by molar-refractivity contribution is -0.153. The van der Waals surface area contributed by atoms with Crippen LogP contribution in [0.15, 0.2) is 24.5 Å². The Balaban J connectivity index is 1.39. The van der Waals surface area contributed by atoms with Crippen LogP contribution in [0.3, 0.4) is 0 Å². The summed E-state index contributed by atoms with van der Waals surface area (Å²) < 4.78 is 0. The largest absolute Gasteiger partial charge is 0.352 e. The normalized spacial score (nSPS) is 32.2. The molecule has 4 rings (SSSR count). The van der Waals surface area contributed by atoms with Gasteiger partial charge in [0.15, 0.2) is 0 Å². The zero-order valence-corrected chi connectivity index (χ0v) is 14.5. The number of amides is 2. The molecule has 7 nitrogen and oxygen atoms in total. The maximum atomic E-state index is 12.6. The summed E-state index contributed by atoms with van der Waals surface area (Å²) in [7, 11) is 1.90. The van der Waals surface area contributed by atoms with Crippen molar-refractivity contribution >= 4 is 11.8 Å². The summed E-state index contributed by atoms with van der Waals surface area (Å²) in [5.41, 5.74) is 4.43. The second kappa shape index (κ2) is 6.72. The van der Waals surface area contributed by atoms with Crippen LogP contribution in [0, 0.1) is 5.92 Å². The molecule has 0 aromatic carbocycles. The van der Waals surface area contributed by atoms with E-state index in [1.165, 1.54) is 0 Å². The van der Waals surface area contributed by atoms with Gasteiger partial charge in [-0.15, -0.1) is 0 Å². The zero-order chi connectivity index (χ0) is 17.4. The lowest BCUT2D eigenvalue weighted by atomic mass is 9.79. The van der Waals surface area contributed by atoms with Gasteiger partial charge in [-0.25, -0.2) is 5.01 Å². The Morgan fingerprint density at radius 3 is 2.88 bits per heavy atom. The van der Waals surface area contributed by atoms with Gasteiger partial charge in [-0.05, 0) is 43.4 Å². The lowest BCUT2D eigenvalue weighted by Crippen LogP contribution is -2.67. The van der Waals surface area contributed by atoms with Crippen LogP contribution in [0.2, 0.25) is 0 Å². The molecule has 1 aliphatic carbocycles. The number of fused-ring (bicyclic) bond motifs is 3. The second-order valence-electron chi connectivity index (χ2n) is 7.29. The van der Waals surface area contributed by atoms with E-state index in [-0.39, 0.29) is 29.8 Å². The third-order valence-corrected chi connectivity index (χ3v) is 5.90. The molecule has 2 N–H and O–H groups in total. The van der Waals surface area contributed by atoms with Gasteiger partial charge in [-0.1, -0.05) is 0 Å². The van der Waals surface area contributed by atoms with Crippen molar-refractivity contribution in [3.63, 3.8) is 0 Å². The van der Waals surface area contributed by atoms with E-state index in [1.54, 1.807) is 12.4 Å². The van der Waals surface area contributed by atoms with E-state index < -0.39 is 0 Å². The molecule has 4 atom stereocenters. The van der Waals surface area contributed by atoms with Gasteiger partial charge in [0.25, 0.3) is 0 Å². The van der Waals surface area contributed by atoms with E-state index in [0.29, 0.717) is 12.6 Å². The molecule has 1 saturated carbocycles. The van der Waals surface area contributed by atoms with E-state index in [1.807, 2.05) is 24.1 Å². The Hall–Kier alpha value is -1.99. The van der Waals surface area contributed by atoms with E-state index >= 15 is 0 Å². The standard InChI is InChI=1S/C18H25N5O2/c1-22-16-10-13(17(24)20-11-12-4-7-19-8-5-12)2-3-14(16)23-15(18(22)25)6-9-21-23/h4-5,7-8,13-16,21H,2-3,6,9-11H2,1H3,(H,20,24). The Bertz CT molecular complexity index is 652. The van der Waals surface area contributed by atoms with Crippen LogP contribution in [-0.4, -0.2) is 58.4 Å². The van der Waals surface area contributed by atoms with Gasteiger partial charge in [0.2, 0.25) is 11.8 Å². The topological polar surface area (TPSA) is 77.6 Å². The van der Waals surface area contributed by atoms with Crippen molar-refractivity contribution in [2.75, 3.05) is 13.6 Å². The number of nitrogens with one attached hydrogen (secondary N) is 2. The summed E-state index contributed by atoms with van der Waals surface area (Å²) in [6.45, 7) is 1.39. The summed E-state index contributed by atoms with van der Waals surface area (Å²) >= 11 is 0. The van der Waals surface area contributed by atoms with Gasteiger partial charge in [0.1, 0.15) is 6.04 Å². The Morgan fingerprint density at radius 1 is 1.28 bits per heavy atom. The van der Waals surface area contributed by atoms with Crippen LogP contribution in [0.25, 0.3) is 0 Å². The average molecular weight is 343 g/mol. The molecular formula is C18H25N5O2. The summed E-state index contributed by atoms with van der Waals surface area (Å²) in [4.78, 5) is 31.1. The van der Waals surface area contributed by atoms with Gasteiger partial charge >= 0.3 is 0 Å². The molecule has 2 aliphatic heterocycles. The molecule has 1 aromatic rings. The summed E-state index contributed by atoms with van der Waals surface area (Å²) in [6.07, 6.45) is 6.89. The number of rotatable bonds is 3. The van der Waals surface area contributed by atoms with E-state index in [2.05, 4.69) is 20.7 Å². The van der Waals surface area contributed by atoms with E-state index in [4.69, 9.17) is 0 Å². The van der Waals surface area contributed by atoms with Crippen molar-refractivity contribution in [2.45, 2.75) is 50.4 Å². The van der Waals surface area contributed by atoms with Gasteiger partial charge < -0.3 is 10.2 Å². The van der Waals surface area contributed by atoms with Crippen LogP contribution >= 0.6 is 0 Å². The maximum Gasteiger partial charge on any atom is 0.241 e. The monoisotopic (exact) mass is 343 g/mol. The number of hydrazine groups is 1. The molecule has 0 bridgehead atoms. The Labute approximate surface area is 147 Å². The number of carbonyl (C=O) groups excluding carboxylic acids is 2. The van der Waals surface area contributed by atoms with E-state index in [9.17, 15) is 9.59 Å². The van der Waals surface area contributed by atoms with E-state index in [0.717, 1.165) is 37.8 Å². The molecule has 3 aliphatic rings. The molecule has 2 saturated heterocycles. The molecule has 7 heteroatoms. The first-order valence-corrected chi connectivity index (χ1v) is 9.10. The molecule has 4 unspecified atom stereocenters. The molecule has 0 spiro atoms. The second-order valence-corrected chi connectivity index (χ2v) is 7.29. The van der Waals surface area contributed by atoms with Crippen molar-refractivity contribution in [2.24, 2.45) is 5.92 Å². The number of nitrogens with zero attached hydrogens (tertiary/aromatic N) is 3. The van der Waals surface area contributed by atoms with Gasteiger partial charge in [-0.2, -0.15) is 0 Å². The molecule has 3 heterocycles. The smallest absolute Gasteiger partial charge is 0.241 e. The number of aromatic nitrogens is 1. The van der Waals surface area contributed by atoms with Crippen LogP contribution in [0.1, 0.15) is 31.2 Å². The number of hydrogen-bond acceptors (Lipinski definition) is 5. The highest BCUT2D eigenvalue weighted by Crippen LogP contribution is 2.36. The predicted octanol–water partition coefficient (Wildman–Crippen LogP) is 0.286. The minimum atomic E-state index is -0.0301. The molecule has 3 fully saturated rings. The van der Waals surface area contributed by atoms with Crippen LogP contribution in [0.4, 0.5) is 0 Å². The third kappa shape index (κ3) is 3.02. The van der Waals surface area contributed by atoms with Crippen molar-refractivity contribution in [3.8, 4) is 0 Å². The summed E-state index contributed by atoms with van der Waals surface area (Å²) in [5.74, 6) is 0.245. The molecule has 134 valence electrons. The first-order valence-electron chi connectivity index (χ1n) is 9.10. The molecule has 1 aromatic heterocycles. The van der Waals surface area contributed by atoms with Crippen molar-refractivity contribution in [1.82, 2.24) is 25.6 Å². The first kappa shape index (κ1) is 16.5. The third-order valence-electron chi connectivity index (χ3n) is 5.90. The quantitative estimate of drug-likeness (QED) is 0.825. The van der Waals surface area contributed by atoms with Crippen molar-refractivity contribution < 1.29 is 9.59 Å². The SMILES string of the molecule is CN1C(=O)C2CCNN2C2CCC(C(=O)NCc3ccncc3)CC21. The predicted molar refractivity (Wildman–Crippen MR) is 92.0 cm³/mol. The van der Waals surface area contributed by atoms with Crippen LogP contribution in [0.5, 0.6) is 0 Å². The fourth-order valence-electron chi connectivity index (χ4n) is 4.51. The fourth-order valence-corrected chi connectivity index (χ4v) is 4.51. The lowest BCUT2D eigenvalue weighted by Gasteiger charge is -2.50. The Morgan fingerprint density at radius 2 is 2.08 bits per heavy atom. The number of pyridine rings is 1. The van der Waals surface area contributed by atoms with Gasteiger partial charge in [0, 0.05) is 50.5 Å². The van der Waals surface area contributed by atoms with Crippen LogP contribution in [-0.2, 0) is 16.1 Å². The Kier molecular flexibility index (Phi) is 4.43. The van der Waals surface area contributed by atoms with Crippen molar-refractivity contribution in [1.29, 1.82) is 0 Å². The summed E-state index contributed by atoms with van der Waals surface area (Å²) in [6, 6.07) is 4.22. The minimum Gasteiger partial charge on any atom is -0.352 e. The number of piperazine rings is 1. The molecular weight excluding hydrogens is 318 g/mol. The van der Waals surface area contributed by atoms with Gasteiger partial charge in [0.05, 0.1) is 0 Å². The minimum absolute atomic E-state index is 0.0247. The molecule has 2 amide bonds. The average Bonchev–Trinajstić information content (AvgIpc) is 3.14. The van der Waals surface area contributed by atoms with Crippen molar-refractivity contribution in [3.05, 3.63) is 30.1 Å². The number of hydrogen-bond donors (Lipinski definition) is 2. The molecule has 0 radical (unpaired) electrons. The summed E-state index contributed by atoms with van der Waals surface area (Å²) in [5, 5.41) is 5.20. The number of carbonyl (C=O) groups is 2. The molecule has 25 heavy (non-hydrogen) atoms. The van der Waals surface area contributed by atoms with Gasteiger partial charge in [-0.3, -0.25) is 20.0 Å². The number of likely N-dealkylation sites (N-methyl/N-ethyl adjacent to an activating group) is 1. The van der Waals surface area contributed by atoms with Crippen LogP contribution < -0.4 is 10.7 Å². The first-order chi connectivity index (χ1) is 12.1. The highest BCUT2D eigenvalue weighted by atomic mass is 16.2. The zero-order valence-electron chi connectivity index (χ0n) is 14.5. The fraction of sp³-hybridized carbons (Fsp3) is 0.611. The highest BCUT2D eigenvalue weighted by molar-refractivity contribution is 5.84. The highest BCUT2D eigenvalue weighted by Gasteiger charge is 2.50. The maximum absolute atomic E-state index is 12.6.